The summed E-state index contributed by atoms with van der Waals surface area (Å²) in [6.07, 6.45) is 0.871. The summed E-state index contributed by atoms with van der Waals surface area (Å²) in [6.45, 7) is 6.21. The molecule has 0 spiro atoms. The van der Waals surface area contributed by atoms with Crippen LogP contribution in [0.25, 0.3) is 0 Å². The molecule has 1 aromatic carbocycles. The molecule has 0 saturated heterocycles. The third-order valence-electron chi connectivity index (χ3n) is 3.04. The molecular weight excluding hydrogens is 244 g/mol. The van der Waals surface area contributed by atoms with Crippen LogP contribution in [0.4, 0.5) is 5.69 Å². The predicted molar refractivity (Wildman–Crippen MR) is 75.0 cm³/mol. The Bertz CT molecular complexity index is 421. The molecular formula is C14H22N2O3. The smallest absolute Gasteiger partial charge is 0.269 e. The van der Waals surface area contributed by atoms with Gasteiger partial charge in [-0.3, -0.25) is 10.1 Å². The van der Waals surface area contributed by atoms with Crippen molar-refractivity contribution >= 4 is 5.69 Å². The normalized spacial score (nSPS) is 14.4. The second-order valence-electron chi connectivity index (χ2n) is 5.25. The number of aliphatic hydroxyl groups is 1. The summed E-state index contributed by atoms with van der Waals surface area (Å²) in [5.74, 6) is 0.488. The summed E-state index contributed by atoms with van der Waals surface area (Å²) >= 11 is 0. The van der Waals surface area contributed by atoms with Gasteiger partial charge in [0, 0.05) is 24.2 Å². The van der Waals surface area contributed by atoms with Crippen LogP contribution >= 0.6 is 0 Å². The lowest BCUT2D eigenvalue weighted by Gasteiger charge is -2.23. The molecule has 5 heteroatoms. The Morgan fingerprint density at radius 1 is 1.37 bits per heavy atom. The van der Waals surface area contributed by atoms with E-state index in [4.69, 9.17) is 0 Å². The molecule has 5 nitrogen and oxygen atoms in total. The largest absolute Gasteiger partial charge is 0.395 e. The Kier molecular flexibility index (Phi) is 5.92. The van der Waals surface area contributed by atoms with E-state index in [9.17, 15) is 15.2 Å². The molecule has 0 amide bonds. The number of benzene rings is 1. The van der Waals surface area contributed by atoms with Crippen LogP contribution in [0.2, 0.25) is 0 Å². The van der Waals surface area contributed by atoms with Crippen LogP contribution in [0.15, 0.2) is 24.3 Å². The van der Waals surface area contributed by atoms with E-state index in [-0.39, 0.29) is 24.4 Å². The van der Waals surface area contributed by atoms with Crippen molar-refractivity contribution in [2.24, 2.45) is 5.92 Å². The van der Waals surface area contributed by atoms with Gasteiger partial charge in [0.15, 0.2) is 0 Å². The number of hydrogen-bond acceptors (Lipinski definition) is 4. The minimum absolute atomic E-state index is 0.00858. The average Bonchev–Trinajstić information content (AvgIpc) is 2.37. The molecule has 2 unspecified atom stereocenters. The molecule has 2 atom stereocenters. The van der Waals surface area contributed by atoms with Gasteiger partial charge in [0.25, 0.3) is 5.69 Å². The summed E-state index contributed by atoms with van der Waals surface area (Å²) in [7, 11) is 0. The summed E-state index contributed by atoms with van der Waals surface area (Å²) < 4.78 is 0. The summed E-state index contributed by atoms with van der Waals surface area (Å²) in [5, 5.41) is 23.4. The molecule has 106 valence electrons. The quantitative estimate of drug-likeness (QED) is 0.587. The Morgan fingerprint density at radius 3 is 2.58 bits per heavy atom. The zero-order chi connectivity index (χ0) is 14.4. The molecule has 0 heterocycles. The number of nitro groups is 1. The predicted octanol–water partition coefficient (Wildman–Crippen LogP) is 2.65. The summed E-state index contributed by atoms with van der Waals surface area (Å²) in [5.41, 5.74) is 0.951. The highest BCUT2D eigenvalue weighted by Crippen LogP contribution is 2.20. The molecule has 0 fully saturated rings. The van der Waals surface area contributed by atoms with Crippen molar-refractivity contribution in [3.05, 3.63) is 39.9 Å². The molecule has 1 rings (SSSR count). The van der Waals surface area contributed by atoms with Gasteiger partial charge in [-0.05, 0) is 24.8 Å². The molecule has 1 aromatic rings. The minimum Gasteiger partial charge on any atom is -0.395 e. The summed E-state index contributed by atoms with van der Waals surface area (Å²) in [4.78, 5) is 10.3. The van der Waals surface area contributed by atoms with Crippen molar-refractivity contribution in [1.82, 2.24) is 5.32 Å². The van der Waals surface area contributed by atoms with E-state index in [2.05, 4.69) is 19.2 Å². The van der Waals surface area contributed by atoms with Crippen LogP contribution in [0.1, 0.15) is 38.8 Å². The third kappa shape index (κ3) is 4.96. The second kappa shape index (κ2) is 7.21. The van der Waals surface area contributed by atoms with E-state index in [1.54, 1.807) is 12.1 Å². The van der Waals surface area contributed by atoms with E-state index >= 15 is 0 Å². The van der Waals surface area contributed by atoms with E-state index in [1.165, 1.54) is 6.07 Å². The zero-order valence-electron chi connectivity index (χ0n) is 11.7. The lowest BCUT2D eigenvalue weighted by atomic mass is 10.0. The maximum absolute atomic E-state index is 10.7. The van der Waals surface area contributed by atoms with Gasteiger partial charge in [-0.15, -0.1) is 0 Å². The minimum atomic E-state index is -0.395. The van der Waals surface area contributed by atoms with Crippen molar-refractivity contribution in [1.29, 1.82) is 0 Å². The first-order valence-corrected chi connectivity index (χ1v) is 6.55. The zero-order valence-corrected chi connectivity index (χ0v) is 11.7. The molecule has 0 saturated carbocycles. The fourth-order valence-corrected chi connectivity index (χ4v) is 2.12. The summed E-state index contributed by atoms with van der Waals surface area (Å²) in [6, 6.07) is 6.57. The molecule has 0 radical (unpaired) electrons. The number of rotatable bonds is 7. The second-order valence-corrected chi connectivity index (χ2v) is 5.25. The number of nitrogens with zero attached hydrogens (tertiary/aromatic N) is 1. The first-order valence-electron chi connectivity index (χ1n) is 6.55. The molecule has 0 aliphatic heterocycles. The van der Waals surface area contributed by atoms with Gasteiger partial charge < -0.3 is 10.4 Å². The lowest BCUT2D eigenvalue weighted by molar-refractivity contribution is -0.384. The fourth-order valence-electron chi connectivity index (χ4n) is 2.12. The topological polar surface area (TPSA) is 75.4 Å². The molecule has 2 N–H and O–H groups in total. The number of aliphatic hydroxyl groups excluding tert-OH is 1. The average molecular weight is 266 g/mol. The highest BCUT2D eigenvalue weighted by atomic mass is 16.6. The van der Waals surface area contributed by atoms with Crippen molar-refractivity contribution in [2.45, 2.75) is 39.3 Å². The Balaban J connectivity index is 2.73. The van der Waals surface area contributed by atoms with Gasteiger partial charge in [0.05, 0.1) is 11.5 Å². The SMILES string of the molecule is CC(C)CC(CO)NC(C)c1cccc([N+](=O)[O-])c1. The van der Waals surface area contributed by atoms with Crippen molar-refractivity contribution in [3.63, 3.8) is 0 Å². The fraction of sp³-hybridized carbons (Fsp3) is 0.571. The number of nitrogens with one attached hydrogen (secondary N) is 1. The Morgan fingerprint density at radius 2 is 2.05 bits per heavy atom. The maximum atomic E-state index is 10.7. The van der Waals surface area contributed by atoms with E-state index in [0.29, 0.717) is 5.92 Å². The van der Waals surface area contributed by atoms with Gasteiger partial charge >= 0.3 is 0 Å². The standard InChI is InChI=1S/C14H22N2O3/c1-10(2)7-13(9-17)15-11(3)12-5-4-6-14(8-12)16(18)19/h4-6,8,10-11,13,15,17H,7,9H2,1-3H3. The van der Waals surface area contributed by atoms with Gasteiger partial charge in [0.1, 0.15) is 0 Å². The van der Waals surface area contributed by atoms with E-state index in [0.717, 1.165) is 12.0 Å². The first kappa shape index (κ1) is 15.6. The van der Waals surface area contributed by atoms with Crippen LogP contribution in [0, 0.1) is 16.0 Å². The van der Waals surface area contributed by atoms with Crippen molar-refractivity contribution in [3.8, 4) is 0 Å². The molecule has 0 aliphatic rings. The van der Waals surface area contributed by atoms with Crippen LogP contribution in [0.5, 0.6) is 0 Å². The lowest BCUT2D eigenvalue weighted by Crippen LogP contribution is -2.35. The Hall–Kier alpha value is -1.46. The Labute approximate surface area is 113 Å². The van der Waals surface area contributed by atoms with Gasteiger partial charge in [-0.1, -0.05) is 26.0 Å². The highest BCUT2D eigenvalue weighted by Gasteiger charge is 2.15. The van der Waals surface area contributed by atoms with Gasteiger partial charge in [0.2, 0.25) is 0 Å². The molecule has 0 aliphatic carbocycles. The highest BCUT2D eigenvalue weighted by molar-refractivity contribution is 5.35. The van der Waals surface area contributed by atoms with Crippen molar-refractivity contribution in [2.75, 3.05) is 6.61 Å². The number of hydrogen-bond donors (Lipinski definition) is 2. The van der Waals surface area contributed by atoms with E-state index < -0.39 is 4.92 Å². The number of nitro benzene ring substituents is 1. The van der Waals surface area contributed by atoms with Crippen LogP contribution in [-0.2, 0) is 0 Å². The first-order chi connectivity index (χ1) is 8.93. The van der Waals surface area contributed by atoms with E-state index in [1.807, 2.05) is 13.0 Å². The van der Waals surface area contributed by atoms with Crippen LogP contribution in [-0.4, -0.2) is 22.7 Å². The van der Waals surface area contributed by atoms with Crippen LogP contribution < -0.4 is 5.32 Å². The maximum Gasteiger partial charge on any atom is 0.269 e. The third-order valence-corrected chi connectivity index (χ3v) is 3.04. The van der Waals surface area contributed by atoms with Crippen LogP contribution in [0.3, 0.4) is 0 Å². The van der Waals surface area contributed by atoms with Crippen molar-refractivity contribution < 1.29 is 10.0 Å². The van der Waals surface area contributed by atoms with Gasteiger partial charge in [-0.25, -0.2) is 0 Å². The molecule has 0 bridgehead atoms. The monoisotopic (exact) mass is 266 g/mol. The molecule has 0 aromatic heterocycles. The molecule has 19 heavy (non-hydrogen) atoms. The number of non-ortho nitro benzene ring substituents is 1. The van der Waals surface area contributed by atoms with Gasteiger partial charge in [-0.2, -0.15) is 0 Å².